The van der Waals surface area contributed by atoms with Gasteiger partial charge in [0.2, 0.25) is 5.91 Å². The summed E-state index contributed by atoms with van der Waals surface area (Å²) in [4.78, 5) is 25.2. The van der Waals surface area contributed by atoms with Crippen molar-refractivity contribution in [2.75, 3.05) is 11.9 Å². The Labute approximate surface area is 161 Å². The monoisotopic (exact) mass is 370 g/mol. The largest absolute Gasteiger partial charge is 0.488 e. The number of anilines is 1. The number of pyridine rings is 1. The smallest absolute Gasteiger partial charge is 0.293 e. The Kier molecular flexibility index (Phi) is 7.22. The summed E-state index contributed by atoms with van der Waals surface area (Å²) in [5, 5.41) is 3.04. The molecule has 1 aromatic heterocycles. The number of hydrogen-bond acceptors (Lipinski definition) is 3. The zero-order valence-electron chi connectivity index (χ0n) is 16.9. The zero-order valence-corrected chi connectivity index (χ0v) is 16.9. The maximum Gasteiger partial charge on any atom is 0.293 e. The van der Waals surface area contributed by atoms with Gasteiger partial charge in [0.25, 0.3) is 5.56 Å². The van der Waals surface area contributed by atoms with Gasteiger partial charge in [-0.1, -0.05) is 52.8 Å². The fourth-order valence-corrected chi connectivity index (χ4v) is 2.99. The molecule has 0 aliphatic carbocycles. The summed E-state index contributed by atoms with van der Waals surface area (Å²) in [7, 11) is 0. The van der Waals surface area contributed by atoms with Gasteiger partial charge in [-0.2, -0.15) is 0 Å². The first-order chi connectivity index (χ1) is 12.8. The molecular formula is C22H30N2O3. The standard InChI is InChI=1S/C22H30N2O3/c1-6-13-27-19-11-8-12-24(22(19)26)14-20(25)23-21-17(15(2)3)9-7-10-18(21)16(4)5/h7-12,15-16H,6,13-14H2,1-5H3,(H,23,25). The van der Waals surface area contributed by atoms with Crippen molar-refractivity contribution in [3.8, 4) is 5.75 Å². The number of nitrogens with zero attached hydrogens (tertiary/aromatic N) is 1. The molecule has 0 spiro atoms. The topological polar surface area (TPSA) is 60.3 Å². The van der Waals surface area contributed by atoms with Crippen molar-refractivity contribution in [1.82, 2.24) is 4.57 Å². The Morgan fingerprint density at radius 2 is 1.70 bits per heavy atom. The quantitative estimate of drug-likeness (QED) is 0.743. The van der Waals surface area contributed by atoms with Crippen molar-refractivity contribution >= 4 is 11.6 Å². The molecule has 146 valence electrons. The molecule has 2 aromatic rings. The highest BCUT2D eigenvalue weighted by Crippen LogP contribution is 2.32. The summed E-state index contributed by atoms with van der Waals surface area (Å²) in [6.07, 6.45) is 2.43. The van der Waals surface area contributed by atoms with E-state index >= 15 is 0 Å². The van der Waals surface area contributed by atoms with Crippen LogP contribution in [0.5, 0.6) is 5.75 Å². The molecule has 2 rings (SSSR count). The minimum absolute atomic E-state index is 0.0495. The third-order valence-corrected chi connectivity index (χ3v) is 4.40. The molecule has 0 atom stereocenters. The molecule has 0 saturated heterocycles. The highest BCUT2D eigenvalue weighted by molar-refractivity contribution is 5.92. The lowest BCUT2D eigenvalue weighted by Crippen LogP contribution is -2.28. The van der Waals surface area contributed by atoms with E-state index in [9.17, 15) is 9.59 Å². The summed E-state index contributed by atoms with van der Waals surface area (Å²) in [6.45, 7) is 10.8. The SMILES string of the molecule is CCCOc1cccn(CC(=O)Nc2c(C(C)C)cccc2C(C)C)c1=O. The second kappa shape index (κ2) is 9.40. The van der Waals surface area contributed by atoms with Crippen molar-refractivity contribution in [3.63, 3.8) is 0 Å². The molecule has 27 heavy (non-hydrogen) atoms. The van der Waals surface area contributed by atoms with Gasteiger partial charge in [0.05, 0.1) is 6.61 Å². The molecule has 0 radical (unpaired) electrons. The number of amides is 1. The number of ether oxygens (including phenoxy) is 1. The molecule has 1 N–H and O–H groups in total. The normalized spacial score (nSPS) is 11.1. The zero-order chi connectivity index (χ0) is 20.0. The van der Waals surface area contributed by atoms with E-state index in [1.54, 1.807) is 18.3 Å². The average molecular weight is 370 g/mol. The molecule has 0 fully saturated rings. The van der Waals surface area contributed by atoms with Crippen molar-refractivity contribution < 1.29 is 9.53 Å². The lowest BCUT2D eigenvalue weighted by molar-refractivity contribution is -0.116. The van der Waals surface area contributed by atoms with Crippen LogP contribution in [0.2, 0.25) is 0 Å². The van der Waals surface area contributed by atoms with Crippen LogP contribution in [0.3, 0.4) is 0 Å². The molecule has 0 aliphatic rings. The van der Waals surface area contributed by atoms with Gasteiger partial charge in [0.1, 0.15) is 6.54 Å². The van der Waals surface area contributed by atoms with E-state index < -0.39 is 0 Å². The van der Waals surface area contributed by atoms with E-state index in [4.69, 9.17) is 4.74 Å². The van der Waals surface area contributed by atoms with Gasteiger partial charge in [-0.3, -0.25) is 9.59 Å². The molecule has 1 amide bonds. The fraction of sp³-hybridized carbons (Fsp3) is 0.455. The van der Waals surface area contributed by atoms with Gasteiger partial charge < -0.3 is 14.6 Å². The Morgan fingerprint density at radius 3 is 2.26 bits per heavy atom. The van der Waals surface area contributed by atoms with Crippen LogP contribution in [0, 0.1) is 0 Å². The Balaban J connectivity index is 2.26. The summed E-state index contributed by atoms with van der Waals surface area (Å²) < 4.78 is 6.84. The Bertz CT molecular complexity index is 811. The molecule has 5 nitrogen and oxygen atoms in total. The maximum absolute atomic E-state index is 12.7. The summed E-state index contributed by atoms with van der Waals surface area (Å²) >= 11 is 0. The molecular weight excluding hydrogens is 340 g/mol. The van der Waals surface area contributed by atoms with E-state index in [0.717, 1.165) is 23.2 Å². The average Bonchev–Trinajstić information content (AvgIpc) is 2.62. The van der Waals surface area contributed by atoms with Gasteiger partial charge >= 0.3 is 0 Å². The Hall–Kier alpha value is -2.56. The third kappa shape index (κ3) is 5.22. The van der Waals surface area contributed by atoms with E-state index in [-0.39, 0.29) is 35.6 Å². The van der Waals surface area contributed by atoms with Crippen LogP contribution in [-0.4, -0.2) is 17.1 Å². The van der Waals surface area contributed by atoms with Crippen LogP contribution in [0.15, 0.2) is 41.3 Å². The van der Waals surface area contributed by atoms with Crippen LogP contribution < -0.4 is 15.6 Å². The summed E-state index contributed by atoms with van der Waals surface area (Å²) in [5.41, 5.74) is 2.77. The van der Waals surface area contributed by atoms with E-state index in [2.05, 4.69) is 33.0 Å². The molecule has 0 bridgehead atoms. The third-order valence-electron chi connectivity index (χ3n) is 4.40. The molecule has 1 aromatic carbocycles. The minimum atomic E-state index is -0.290. The molecule has 0 saturated carbocycles. The van der Waals surface area contributed by atoms with Crippen molar-refractivity contribution in [1.29, 1.82) is 0 Å². The first-order valence-electron chi connectivity index (χ1n) is 9.60. The second-order valence-corrected chi connectivity index (χ2v) is 7.32. The van der Waals surface area contributed by atoms with Crippen LogP contribution in [0.1, 0.15) is 64.0 Å². The predicted octanol–water partition coefficient (Wildman–Crippen LogP) is 4.52. The van der Waals surface area contributed by atoms with Crippen molar-refractivity contribution in [2.24, 2.45) is 0 Å². The number of rotatable bonds is 8. The van der Waals surface area contributed by atoms with Gasteiger partial charge in [-0.15, -0.1) is 0 Å². The van der Waals surface area contributed by atoms with E-state index in [0.29, 0.717) is 6.61 Å². The van der Waals surface area contributed by atoms with E-state index in [1.807, 2.05) is 25.1 Å². The van der Waals surface area contributed by atoms with Crippen LogP contribution in [0.4, 0.5) is 5.69 Å². The van der Waals surface area contributed by atoms with Gasteiger partial charge in [0.15, 0.2) is 5.75 Å². The first kappa shape index (κ1) is 20.7. The van der Waals surface area contributed by atoms with Crippen molar-refractivity contribution in [3.05, 3.63) is 58.0 Å². The van der Waals surface area contributed by atoms with Crippen LogP contribution in [0.25, 0.3) is 0 Å². The van der Waals surface area contributed by atoms with Gasteiger partial charge in [0, 0.05) is 11.9 Å². The number of benzene rings is 1. The highest BCUT2D eigenvalue weighted by atomic mass is 16.5. The number of carbonyl (C=O) groups is 1. The summed E-state index contributed by atoms with van der Waals surface area (Å²) in [6, 6.07) is 9.47. The number of nitrogens with one attached hydrogen (secondary N) is 1. The Morgan fingerprint density at radius 1 is 1.07 bits per heavy atom. The lowest BCUT2D eigenvalue weighted by Gasteiger charge is -2.20. The fourth-order valence-electron chi connectivity index (χ4n) is 2.99. The second-order valence-electron chi connectivity index (χ2n) is 7.32. The molecule has 5 heteroatoms. The predicted molar refractivity (Wildman–Crippen MR) is 110 cm³/mol. The minimum Gasteiger partial charge on any atom is -0.488 e. The van der Waals surface area contributed by atoms with Crippen LogP contribution in [-0.2, 0) is 11.3 Å². The number of hydrogen-bond donors (Lipinski definition) is 1. The maximum atomic E-state index is 12.7. The molecule has 0 unspecified atom stereocenters. The number of aromatic nitrogens is 1. The number of para-hydroxylation sites is 1. The van der Waals surface area contributed by atoms with Gasteiger partial charge in [-0.05, 0) is 41.5 Å². The lowest BCUT2D eigenvalue weighted by atomic mass is 9.92. The highest BCUT2D eigenvalue weighted by Gasteiger charge is 2.16. The van der Waals surface area contributed by atoms with Crippen molar-refractivity contribution in [2.45, 2.75) is 59.4 Å². The number of carbonyl (C=O) groups excluding carboxylic acids is 1. The van der Waals surface area contributed by atoms with Crippen LogP contribution >= 0.6 is 0 Å². The summed E-state index contributed by atoms with van der Waals surface area (Å²) in [5.74, 6) is 0.623. The first-order valence-corrected chi connectivity index (χ1v) is 9.60. The molecule has 1 heterocycles. The molecule has 0 aliphatic heterocycles. The van der Waals surface area contributed by atoms with E-state index in [1.165, 1.54) is 4.57 Å². The van der Waals surface area contributed by atoms with Gasteiger partial charge in [-0.25, -0.2) is 0 Å².